The summed E-state index contributed by atoms with van der Waals surface area (Å²) in [6.45, 7) is 1.85. The number of hydrogen-bond donors (Lipinski definition) is 3. The minimum atomic E-state index is -1.27. The Labute approximate surface area is 176 Å². The van der Waals surface area contributed by atoms with E-state index in [1.54, 1.807) is 12.1 Å². The van der Waals surface area contributed by atoms with Crippen LogP contribution in [0.15, 0.2) is 24.3 Å². The first kappa shape index (κ1) is 24.9. The summed E-state index contributed by atoms with van der Waals surface area (Å²) in [7, 11) is 0. The Hall–Kier alpha value is -2.12. The zero-order chi connectivity index (χ0) is 21.6. The standard InChI is InChI=1S/C21H30ClNO6/c1-2-3-4-5-6-7-18(15-8-10-16(22)11-9-15)29-14-19(24)23-17(21(27)28)12-13-20(25)26/h8-11,17-18H,2-7,12-14H2,1H3,(H,23,24)(H,25,26)(H,27,28). The van der Waals surface area contributed by atoms with E-state index in [0.717, 1.165) is 37.7 Å². The van der Waals surface area contributed by atoms with Gasteiger partial charge in [0.25, 0.3) is 0 Å². The maximum atomic E-state index is 12.1. The molecule has 0 spiro atoms. The third-order valence-electron chi connectivity index (χ3n) is 4.51. The lowest BCUT2D eigenvalue weighted by atomic mass is 10.0. The molecular formula is C21H30ClNO6. The molecule has 0 saturated heterocycles. The number of unbranched alkanes of at least 4 members (excludes halogenated alkanes) is 4. The van der Waals surface area contributed by atoms with E-state index < -0.39 is 23.9 Å². The number of halogens is 1. The topological polar surface area (TPSA) is 113 Å². The van der Waals surface area contributed by atoms with Crippen LogP contribution in [0, 0.1) is 0 Å². The molecule has 0 aliphatic rings. The van der Waals surface area contributed by atoms with Crippen LogP contribution in [0.4, 0.5) is 0 Å². The predicted molar refractivity (Wildman–Crippen MR) is 110 cm³/mol. The van der Waals surface area contributed by atoms with E-state index in [1.807, 2.05) is 12.1 Å². The van der Waals surface area contributed by atoms with Crippen molar-refractivity contribution >= 4 is 29.4 Å². The van der Waals surface area contributed by atoms with E-state index in [1.165, 1.54) is 6.42 Å². The van der Waals surface area contributed by atoms with Gasteiger partial charge in [-0.3, -0.25) is 9.59 Å². The van der Waals surface area contributed by atoms with Crippen LogP contribution in [0.5, 0.6) is 0 Å². The van der Waals surface area contributed by atoms with Gasteiger partial charge in [-0.05, 0) is 30.5 Å². The zero-order valence-corrected chi connectivity index (χ0v) is 17.5. The highest BCUT2D eigenvalue weighted by Gasteiger charge is 2.22. The summed E-state index contributed by atoms with van der Waals surface area (Å²) in [5, 5.41) is 20.8. The fraction of sp³-hybridized carbons (Fsp3) is 0.571. The summed E-state index contributed by atoms with van der Waals surface area (Å²) in [5.41, 5.74) is 0.901. The summed E-state index contributed by atoms with van der Waals surface area (Å²) in [6.07, 6.45) is 5.41. The molecule has 2 unspecified atom stereocenters. The first-order chi connectivity index (χ1) is 13.8. The van der Waals surface area contributed by atoms with Crippen LogP contribution in [-0.4, -0.2) is 40.7 Å². The number of carboxylic acid groups (broad SMARTS) is 2. The maximum absolute atomic E-state index is 12.1. The van der Waals surface area contributed by atoms with Gasteiger partial charge >= 0.3 is 11.9 Å². The van der Waals surface area contributed by atoms with Crippen molar-refractivity contribution in [2.45, 2.75) is 70.4 Å². The number of rotatable bonds is 15. The van der Waals surface area contributed by atoms with E-state index >= 15 is 0 Å². The van der Waals surface area contributed by atoms with E-state index in [9.17, 15) is 14.4 Å². The molecule has 0 radical (unpaired) electrons. The molecule has 0 aliphatic carbocycles. The third kappa shape index (κ3) is 10.9. The fourth-order valence-electron chi connectivity index (χ4n) is 2.89. The summed E-state index contributed by atoms with van der Waals surface area (Å²) in [4.78, 5) is 34.0. The molecule has 1 amide bonds. The Balaban J connectivity index is 2.62. The Morgan fingerprint density at radius 3 is 2.28 bits per heavy atom. The molecule has 29 heavy (non-hydrogen) atoms. The van der Waals surface area contributed by atoms with Crippen molar-refractivity contribution in [1.82, 2.24) is 5.32 Å². The van der Waals surface area contributed by atoms with Crippen LogP contribution >= 0.6 is 11.6 Å². The number of benzene rings is 1. The Kier molecular flexibility index (Phi) is 12.0. The first-order valence-electron chi connectivity index (χ1n) is 9.94. The largest absolute Gasteiger partial charge is 0.481 e. The molecule has 2 atom stereocenters. The SMILES string of the molecule is CCCCCCCC(OCC(=O)NC(CCC(=O)O)C(=O)O)c1ccc(Cl)cc1. The van der Waals surface area contributed by atoms with Gasteiger partial charge in [-0.2, -0.15) is 0 Å². The molecule has 7 nitrogen and oxygen atoms in total. The summed E-state index contributed by atoms with van der Waals surface area (Å²) >= 11 is 5.94. The van der Waals surface area contributed by atoms with Gasteiger partial charge < -0.3 is 20.3 Å². The van der Waals surface area contributed by atoms with Crippen molar-refractivity contribution in [3.8, 4) is 0 Å². The second kappa shape index (κ2) is 14.0. The van der Waals surface area contributed by atoms with Gasteiger partial charge in [0.15, 0.2) is 0 Å². The quantitative estimate of drug-likeness (QED) is 0.362. The highest BCUT2D eigenvalue weighted by atomic mass is 35.5. The minimum Gasteiger partial charge on any atom is -0.481 e. The number of carboxylic acids is 2. The van der Waals surface area contributed by atoms with Gasteiger partial charge in [-0.25, -0.2) is 4.79 Å². The number of carbonyl (C=O) groups is 3. The third-order valence-corrected chi connectivity index (χ3v) is 4.76. The Morgan fingerprint density at radius 1 is 1.03 bits per heavy atom. The molecule has 0 fully saturated rings. The second-order valence-electron chi connectivity index (χ2n) is 6.94. The summed E-state index contributed by atoms with van der Waals surface area (Å²) < 4.78 is 5.78. The number of ether oxygens (including phenoxy) is 1. The van der Waals surface area contributed by atoms with Crippen molar-refractivity contribution in [2.24, 2.45) is 0 Å². The smallest absolute Gasteiger partial charge is 0.326 e. The molecule has 3 N–H and O–H groups in total. The second-order valence-corrected chi connectivity index (χ2v) is 7.38. The normalized spacial score (nSPS) is 12.9. The fourth-order valence-corrected chi connectivity index (χ4v) is 3.02. The zero-order valence-electron chi connectivity index (χ0n) is 16.7. The van der Waals surface area contributed by atoms with E-state index in [-0.39, 0.29) is 25.6 Å². The molecular weight excluding hydrogens is 398 g/mol. The molecule has 162 valence electrons. The molecule has 0 saturated carbocycles. The van der Waals surface area contributed by atoms with Crippen molar-refractivity contribution in [1.29, 1.82) is 0 Å². The lowest BCUT2D eigenvalue weighted by molar-refractivity contribution is -0.144. The van der Waals surface area contributed by atoms with Crippen LogP contribution in [-0.2, 0) is 19.1 Å². The average Bonchev–Trinajstić information content (AvgIpc) is 2.67. The minimum absolute atomic E-state index is 0.186. The summed E-state index contributed by atoms with van der Waals surface area (Å²) in [6, 6.07) is 5.96. The Bertz CT molecular complexity index is 649. The predicted octanol–water partition coefficient (Wildman–Crippen LogP) is 4.19. The molecule has 0 heterocycles. The van der Waals surface area contributed by atoms with Crippen LogP contribution in [0.1, 0.15) is 70.0 Å². The molecule has 8 heteroatoms. The molecule has 0 bridgehead atoms. The van der Waals surface area contributed by atoms with Gasteiger partial charge in [0.2, 0.25) is 5.91 Å². The van der Waals surface area contributed by atoms with Crippen molar-refractivity contribution in [2.75, 3.05) is 6.61 Å². The number of hydrogen-bond acceptors (Lipinski definition) is 4. The number of aliphatic carboxylic acids is 2. The van der Waals surface area contributed by atoms with Gasteiger partial charge in [-0.1, -0.05) is 62.8 Å². The van der Waals surface area contributed by atoms with Crippen LogP contribution in [0.25, 0.3) is 0 Å². The number of amides is 1. The van der Waals surface area contributed by atoms with Gasteiger partial charge in [0, 0.05) is 11.4 Å². The van der Waals surface area contributed by atoms with Crippen LogP contribution < -0.4 is 5.32 Å². The van der Waals surface area contributed by atoms with Crippen molar-refractivity contribution < 1.29 is 29.3 Å². The number of carbonyl (C=O) groups excluding carboxylic acids is 1. The monoisotopic (exact) mass is 427 g/mol. The van der Waals surface area contributed by atoms with Gasteiger partial charge in [0.05, 0.1) is 6.10 Å². The van der Waals surface area contributed by atoms with Crippen molar-refractivity contribution in [3.63, 3.8) is 0 Å². The van der Waals surface area contributed by atoms with Crippen LogP contribution in [0.3, 0.4) is 0 Å². The average molecular weight is 428 g/mol. The molecule has 0 aliphatic heterocycles. The lowest BCUT2D eigenvalue weighted by Gasteiger charge is -2.20. The van der Waals surface area contributed by atoms with E-state index in [4.69, 9.17) is 26.6 Å². The van der Waals surface area contributed by atoms with Gasteiger partial charge in [0.1, 0.15) is 12.6 Å². The maximum Gasteiger partial charge on any atom is 0.326 e. The molecule has 1 aromatic carbocycles. The lowest BCUT2D eigenvalue weighted by Crippen LogP contribution is -2.42. The molecule has 0 aromatic heterocycles. The van der Waals surface area contributed by atoms with Gasteiger partial charge in [-0.15, -0.1) is 0 Å². The van der Waals surface area contributed by atoms with E-state index in [2.05, 4.69) is 12.2 Å². The highest BCUT2D eigenvalue weighted by Crippen LogP contribution is 2.25. The molecule has 1 rings (SSSR count). The molecule has 1 aromatic rings. The summed E-state index contributed by atoms with van der Waals surface area (Å²) in [5.74, 6) is -2.98. The van der Waals surface area contributed by atoms with Crippen LogP contribution in [0.2, 0.25) is 5.02 Å². The first-order valence-corrected chi connectivity index (χ1v) is 10.3. The van der Waals surface area contributed by atoms with E-state index in [0.29, 0.717) is 5.02 Å². The Morgan fingerprint density at radius 2 is 1.69 bits per heavy atom. The highest BCUT2D eigenvalue weighted by molar-refractivity contribution is 6.30. The van der Waals surface area contributed by atoms with Crippen molar-refractivity contribution in [3.05, 3.63) is 34.9 Å². The number of nitrogens with one attached hydrogen (secondary N) is 1.